The Morgan fingerprint density at radius 2 is 2.31 bits per heavy atom. The topological polar surface area (TPSA) is 94.3 Å². The molecular formula is C10H13N3O3. The molecule has 0 spiro atoms. The van der Waals surface area contributed by atoms with Crippen molar-refractivity contribution < 1.29 is 14.3 Å². The first-order valence-electron chi connectivity index (χ1n) is 4.79. The molecular weight excluding hydrogens is 210 g/mol. The number of esters is 1. The lowest BCUT2D eigenvalue weighted by Gasteiger charge is -2.10. The molecule has 0 aliphatic carbocycles. The number of aromatic nitrogens is 1. The van der Waals surface area contributed by atoms with Crippen molar-refractivity contribution >= 4 is 17.7 Å². The molecule has 0 saturated carbocycles. The molecule has 1 aromatic rings. The predicted octanol–water partition coefficient (Wildman–Crippen LogP) is -0.0895. The standard InChI is InChI=1S/C10H13N3O3/c1-2-16-10(15)8(11)9(14)13-7-5-3-4-6-12-7/h3-6,8H,2,11H2,1H3,(H,12,13,14). The van der Waals surface area contributed by atoms with Gasteiger partial charge in [-0.2, -0.15) is 0 Å². The normalized spacial score (nSPS) is 11.6. The average molecular weight is 223 g/mol. The second-order valence-electron chi connectivity index (χ2n) is 2.93. The predicted molar refractivity (Wildman–Crippen MR) is 57.5 cm³/mol. The number of nitrogens with one attached hydrogen (secondary N) is 1. The number of carbonyl (C=O) groups excluding carboxylic acids is 2. The number of amides is 1. The summed E-state index contributed by atoms with van der Waals surface area (Å²) >= 11 is 0. The molecule has 0 radical (unpaired) electrons. The SMILES string of the molecule is CCOC(=O)C(N)C(=O)Nc1ccccn1. The summed E-state index contributed by atoms with van der Waals surface area (Å²) in [5.74, 6) is -1.06. The van der Waals surface area contributed by atoms with E-state index in [0.717, 1.165) is 0 Å². The molecule has 0 fully saturated rings. The van der Waals surface area contributed by atoms with Gasteiger partial charge in [-0.05, 0) is 19.1 Å². The van der Waals surface area contributed by atoms with Gasteiger partial charge in [0.25, 0.3) is 5.91 Å². The van der Waals surface area contributed by atoms with Crippen LogP contribution in [-0.4, -0.2) is 29.5 Å². The van der Waals surface area contributed by atoms with Gasteiger partial charge in [0, 0.05) is 6.20 Å². The molecule has 0 aliphatic rings. The van der Waals surface area contributed by atoms with Crippen molar-refractivity contribution in [1.29, 1.82) is 0 Å². The number of nitrogens with two attached hydrogens (primary N) is 1. The Kier molecular flexibility index (Phi) is 4.41. The van der Waals surface area contributed by atoms with Crippen molar-refractivity contribution in [1.82, 2.24) is 4.98 Å². The lowest BCUT2D eigenvalue weighted by molar-refractivity contribution is -0.146. The molecule has 1 heterocycles. The number of rotatable bonds is 4. The maximum absolute atomic E-state index is 11.5. The van der Waals surface area contributed by atoms with Gasteiger partial charge in [-0.3, -0.25) is 4.79 Å². The molecule has 86 valence electrons. The molecule has 3 N–H and O–H groups in total. The monoisotopic (exact) mass is 223 g/mol. The quantitative estimate of drug-likeness (QED) is 0.549. The Morgan fingerprint density at radius 1 is 1.56 bits per heavy atom. The maximum atomic E-state index is 11.5. The minimum Gasteiger partial charge on any atom is -0.464 e. The van der Waals surface area contributed by atoms with Crippen molar-refractivity contribution in [2.45, 2.75) is 13.0 Å². The van der Waals surface area contributed by atoms with Gasteiger partial charge in [0.2, 0.25) is 0 Å². The molecule has 1 amide bonds. The van der Waals surface area contributed by atoms with E-state index in [9.17, 15) is 9.59 Å². The van der Waals surface area contributed by atoms with E-state index in [4.69, 9.17) is 5.73 Å². The third kappa shape index (κ3) is 3.32. The lowest BCUT2D eigenvalue weighted by Crippen LogP contribution is -2.43. The molecule has 0 saturated heterocycles. The Hall–Kier alpha value is -1.95. The van der Waals surface area contributed by atoms with Gasteiger partial charge in [-0.1, -0.05) is 6.07 Å². The van der Waals surface area contributed by atoms with Crippen LogP contribution in [0.1, 0.15) is 6.92 Å². The van der Waals surface area contributed by atoms with Crippen LogP contribution < -0.4 is 11.1 Å². The third-order valence-electron chi connectivity index (χ3n) is 1.74. The van der Waals surface area contributed by atoms with E-state index < -0.39 is 17.9 Å². The fraction of sp³-hybridized carbons (Fsp3) is 0.300. The molecule has 1 atom stereocenters. The van der Waals surface area contributed by atoms with Gasteiger partial charge < -0.3 is 15.8 Å². The molecule has 1 unspecified atom stereocenters. The van der Waals surface area contributed by atoms with Crippen LogP contribution in [0.3, 0.4) is 0 Å². The van der Waals surface area contributed by atoms with E-state index in [1.54, 1.807) is 25.1 Å². The highest BCUT2D eigenvalue weighted by Gasteiger charge is 2.23. The van der Waals surface area contributed by atoms with E-state index in [0.29, 0.717) is 5.82 Å². The van der Waals surface area contributed by atoms with Crippen LogP contribution in [-0.2, 0) is 14.3 Å². The van der Waals surface area contributed by atoms with Crippen molar-refractivity contribution in [2.24, 2.45) is 5.73 Å². The van der Waals surface area contributed by atoms with Crippen LogP contribution in [0.25, 0.3) is 0 Å². The molecule has 0 aromatic carbocycles. The van der Waals surface area contributed by atoms with Crippen LogP contribution in [0.5, 0.6) is 0 Å². The van der Waals surface area contributed by atoms with Crippen LogP contribution in [0.4, 0.5) is 5.82 Å². The summed E-state index contributed by atoms with van der Waals surface area (Å²) in [6.45, 7) is 1.82. The van der Waals surface area contributed by atoms with Gasteiger partial charge in [0.15, 0.2) is 6.04 Å². The molecule has 0 aliphatic heterocycles. The summed E-state index contributed by atoms with van der Waals surface area (Å²) in [6, 6.07) is 3.68. The summed E-state index contributed by atoms with van der Waals surface area (Å²) < 4.78 is 4.62. The second-order valence-corrected chi connectivity index (χ2v) is 2.93. The fourth-order valence-corrected chi connectivity index (χ4v) is 0.980. The Bertz CT molecular complexity index is 367. The first-order valence-corrected chi connectivity index (χ1v) is 4.79. The number of hydrogen-bond acceptors (Lipinski definition) is 5. The van der Waals surface area contributed by atoms with Gasteiger partial charge in [0.1, 0.15) is 5.82 Å². The van der Waals surface area contributed by atoms with E-state index >= 15 is 0 Å². The smallest absolute Gasteiger partial charge is 0.332 e. The highest BCUT2D eigenvalue weighted by Crippen LogP contribution is 2.00. The minimum absolute atomic E-state index is 0.184. The number of pyridine rings is 1. The van der Waals surface area contributed by atoms with Crippen molar-refractivity contribution in [3.63, 3.8) is 0 Å². The van der Waals surface area contributed by atoms with E-state index in [2.05, 4.69) is 15.0 Å². The third-order valence-corrected chi connectivity index (χ3v) is 1.74. The maximum Gasteiger partial charge on any atom is 0.332 e. The summed E-state index contributed by atoms with van der Waals surface area (Å²) in [6.07, 6.45) is 1.52. The second kappa shape index (κ2) is 5.82. The summed E-state index contributed by atoms with van der Waals surface area (Å²) in [7, 11) is 0. The number of nitrogens with zero attached hydrogens (tertiary/aromatic N) is 1. The average Bonchev–Trinajstić information content (AvgIpc) is 2.29. The number of carbonyl (C=O) groups is 2. The molecule has 1 aromatic heterocycles. The highest BCUT2D eigenvalue weighted by atomic mass is 16.5. The highest BCUT2D eigenvalue weighted by molar-refractivity contribution is 6.07. The first kappa shape index (κ1) is 12.1. The first-order chi connectivity index (χ1) is 7.65. The van der Waals surface area contributed by atoms with Crippen molar-refractivity contribution in [3.8, 4) is 0 Å². The Morgan fingerprint density at radius 3 is 2.88 bits per heavy atom. The van der Waals surface area contributed by atoms with Crippen molar-refractivity contribution in [3.05, 3.63) is 24.4 Å². The molecule has 6 nitrogen and oxygen atoms in total. The van der Waals surface area contributed by atoms with Crippen LogP contribution in [0, 0.1) is 0 Å². The zero-order valence-electron chi connectivity index (χ0n) is 8.84. The largest absolute Gasteiger partial charge is 0.464 e. The van der Waals surface area contributed by atoms with Crippen LogP contribution in [0.15, 0.2) is 24.4 Å². The molecule has 6 heteroatoms. The molecule has 16 heavy (non-hydrogen) atoms. The summed E-state index contributed by atoms with van der Waals surface area (Å²) in [4.78, 5) is 26.5. The van der Waals surface area contributed by atoms with E-state index in [-0.39, 0.29) is 6.61 Å². The van der Waals surface area contributed by atoms with Gasteiger partial charge in [-0.15, -0.1) is 0 Å². The van der Waals surface area contributed by atoms with E-state index in [1.807, 2.05) is 0 Å². The van der Waals surface area contributed by atoms with Crippen LogP contribution >= 0.6 is 0 Å². The van der Waals surface area contributed by atoms with E-state index in [1.165, 1.54) is 6.20 Å². The zero-order valence-corrected chi connectivity index (χ0v) is 8.84. The number of hydrogen-bond donors (Lipinski definition) is 2. The van der Waals surface area contributed by atoms with Gasteiger partial charge >= 0.3 is 5.97 Å². The van der Waals surface area contributed by atoms with Crippen molar-refractivity contribution in [2.75, 3.05) is 11.9 Å². The number of anilines is 1. The molecule has 1 rings (SSSR count). The summed E-state index contributed by atoms with van der Waals surface area (Å²) in [5, 5.41) is 2.41. The van der Waals surface area contributed by atoms with Gasteiger partial charge in [0.05, 0.1) is 6.61 Å². The van der Waals surface area contributed by atoms with Crippen LogP contribution in [0.2, 0.25) is 0 Å². The molecule has 0 bridgehead atoms. The fourth-order valence-electron chi connectivity index (χ4n) is 0.980. The zero-order chi connectivity index (χ0) is 12.0. The minimum atomic E-state index is -1.33. The Labute approximate surface area is 92.8 Å². The lowest BCUT2D eigenvalue weighted by atomic mass is 10.3. The van der Waals surface area contributed by atoms with Gasteiger partial charge in [-0.25, -0.2) is 9.78 Å². The summed E-state index contributed by atoms with van der Waals surface area (Å²) in [5.41, 5.74) is 5.38. The number of ether oxygens (including phenoxy) is 1. The Balaban J connectivity index is 2.56.